The fourth-order valence-electron chi connectivity index (χ4n) is 2.79. The van der Waals surface area contributed by atoms with E-state index in [1.54, 1.807) is 0 Å². The predicted octanol–water partition coefficient (Wildman–Crippen LogP) is 3.77. The van der Waals surface area contributed by atoms with Gasteiger partial charge in [-0.1, -0.05) is 42.0 Å². The molecule has 1 atom stereocenters. The summed E-state index contributed by atoms with van der Waals surface area (Å²) in [5.74, 6) is 0. The third-order valence-corrected chi connectivity index (χ3v) is 4.13. The van der Waals surface area contributed by atoms with Crippen LogP contribution in [0, 0.1) is 0 Å². The topological polar surface area (TPSA) is 15.3 Å². The van der Waals surface area contributed by atoms with Gasteiger partial charge in [-0.3, -0.25) is 4.90 Å². The standard InChI is InChI=1S/C18H28N2/c1-15(2)9-12-20-13-10-18(11-14-20)19-16(3)17-7-5-4-6-8-17/h4-9,16,18-19H,10-14H2,1-3H3/t16-/m1/s1. The van der Waals surface area contributed by atoms with Crippen LogP contribution in [0.5, 0.6) is 0 Å². The molecule has 110 valence electrons. The first-order valence-corrected chi connectivity index (χ1v) is 7.82. The second kappa shape index (κ2) is 7.61. The van der Waals surface area contributed by atoms with Crippen LogP contribution in [0.4, 0.5) is 0 Å². The summed E-state index contributed by atoms with van der Waals surface area (Å²) in [4.78, 5) is 2.55. The van der Waals surface area contributed by atoms with Crippen LogP contribution in [0.2, 0.25) is 0 Å². The van der Waals surface area contributed by atoms with E-state index in [9.17, 15) is 0 Å². The lowest BCUT2D eigenvalue weighted by Gasteiger charge is -2.33. The molecule has 0 unspecified atom stereocenters. The summed E-state index contributed by atoms with van der Waals surface area (Å²) >= 11 is 0. The molecule has 1 aromatic carbocycles. The van der Waals surface area contributed by atoms with E-state index in [-0.39, 0.29) is 0 Å². The van der Waals surface area contributed by atoms with Crippen molar-refractivity contribution >= 4 is 0 Å². The number of rotatable bonds is 5. The van der Waals surface area contributed by atoms with Gasteiger partial charge in [0.1, 0.15) is 0 Å². The van der Waals surface area contributed by atoms with Crippen LogP contribution in [0.25, 0.3) is 0 Å². The van der Waals surface area contributed by atoms with Crippen LogP contribution in [0.1, 0.15) is 45.2 Å². The minimum absolute atomic E-state index is 0.450. The fourth-order valence-corrected chi connectivity index (χ4v) is 2.79. The van der Waals surface area contributed by atoms with Gasteiger partial charge < -0.3 is 5.32 Å². The molecule has 1 aromatic rings. The SMILES string of the molecule is CC(C)=CCN1CCC(N[C@H](C)c2ccccc2)CC1. The Hall–Kier alpha value is -1.12. The molecule has 0 amide bonds. The minimum atomic E-state index is 0.450. The van der Waals surface area contributed by atoms with Crippen molar-refractivity contribution in [1.82, 2.24) is 10.2 Å². The molecule has 2 nitrogen and oxygen atoms in total. The van der Waals surface area contributed by atoms with Crippen molar-refractivity contribution in [2.45, 2.75) is 45.7 Å². The molecule has 1 aliphatic rings. The van der Waals surface area contributed by atoms with E-state index in [0.29, 0.717) is 12.1 Å². The first kappa shape index (κ1) is 15.3. The van der Waals surface area contributed by atoms with Gasteiger partial charge in [0.15, 0.2) is 0 Å². The van der Waals surface area contributed by atoms with Gasteiger partial charge in [0, 0.05) is 18.6 Å². The summed E-state index contributed by atoms with van der Waals surface area (Å²) in [6.45, 7) is 10.2. The van der Waals surface area contributed by atoms with E-state index in [4.69, 9.17) is 0 Å². The second-order valence-electron chi connectivity index (χ2n) is 6.16. The second-order valence-corrected chi connectivity index (χ2v) is 6.16. The van der Waals surface area contributed by atoms with Crippen molar-refractivity contribution in [2.75, 3.05) is 19.6 Å². The van der Waals surface area contributed by atoms with Gasteiger partial charge in [0.2, 0.25) is 0 Å². The maximum atomic E-state index is 3.78. The van der Waals surface area contributed by atoms with Gasteiger partial charge in [-0.15, -0.1) is 0 Å². The number of nitrogens with zero attached hydrogens (tertiary/aromatic N) is 1. The van der Waals surface area contributed by atoms with Crippen molar-refractivity contribution in [2.24, 2.45) is 0 Å². The Bertz CT molecular complexity index is 412. The summed E-state index contributed by atoms with van der Waals surface area (Å²) in [6.07, 6.45) is 4.85. The van der Waals surface area contributed by atoms with Crippen molar-refractivity contribution in [3.63, 3.8) is 0 Å². The number of hydrogen-bond acceptors (Lipinski definition) is 2. The van der Waals surface area contributed by atoms with Crippen molar-refractivity contribution in [1.29, 1.82) is 0 Å². The quantitative estimate of drug-likeness (QED) is 0.821. The number of allylic oxidation sites excluding steroid dienone is 1. The van der Waals surface area contributed by atoms with E-state index in [1.165, 1.54) is 37.1 Å². The molecule has 1 saturated heterocycles. The molecule has 0 spiro atoms. The third-order valence-electron chi connectivity index (χ3n) is 4.13. The van der Waals surface area contributed by atoms with E-state index in [0.717, 1.165) is 6.54 Å². The highest BCUT2D eigenvalue weighted by Gasteiger charge is 2.19. The lowest BCUT2D eigenvalue weighted by molar-refractivity contribution is 0.208. The summed E-state index contributed by atoms with van der Waals surface area (Å²) in [5.41, 5.74) is 2.81. The van der Waals surface area contributed by atoms with Crippen molar-refractivity contribution < 1.29 is 0 Å². The summed E-state index contributed by atoms with van der Waals surface area (Å²) in [5, 5.41) is 3.78. The fraction of sp³-hybridized carbons (Fsp3) is 0.556. The normalized spacial score (nSPS) is 18.8. The van der Waals surface area contributed by atoms with Gasteiger partial charge in [-0.2, -0.15) is 0 Å². The molecule has 0 radical (unpaired) electrons. The number of hydrogen-bond donors (Lipinski definition) is 1. The Kier molecular flexibility index (Phi) is 5.81. The molecule has 1 aliphatic heterocycles. The van der Waals surface area contributed by atoms with E-state index < -0.39 is 0 Å². The molecule has 0 aliphatic carbocycles. The lowest BCUT2D eigenvalue weighted by Crippen LogP contribution is -2.43. The molecule has 20 heavy (non-hydrogen) atoms. The molecule has 1 N–H and O–H groups in total. The summed E-state index contributed by atoms with van der Waals surface area (Å²) in [7, 11) is 0. The Labute approximate surface area is 123 Å². The highest BCUT2D eigenvalue weighted by Crippen LogP contribution is 2.17. The molecule has 1 fully saturated rings. The zero-order chi connectivity index (χ0) is 14.4. The van der Waals surface area contributed by atoms with Crippen molar-refractivity contribution in [3.05, 3.63) is 47.5 Å². The maximum Gasteiger partial charge on any atom is 0.0294 e. The molecule has 2 rings (SSSR count). The first-order valence-electron chi connectivity index (χ1n) is 7.82. The average Bonchev–Trinajstić information content (AvgIpc) is 2.47. The van der Waals surface area contributed by atoms with Gasteiger partial charge in [-0.05, 0) is 52.3 Å². The van der Waals surface area contributed by atoms with Crippen LogP contribution < -0.4 is 5.32 Å². The molecule has 0 bridgehead atoms. The zero-order valence-corrected chi connectivity index (χ0v) is 13.1. The summed E-state index contributed by atoms with van der Waals surface area (Å²) in [6, 6.07) is 11.9. The van der Waals surface area contributed by atoms with E-state index in [2.05, 4.69) is 67.4 Å². The smallest absolute Gasteiger partial charge is 0.0294 e. The Morgan fingerprint density at radius 3 is 2.50 bits per heavy atom. The number of likely N-dealkylation sites (tertiary alicyclic amines) is 1. The number of piperidine rings is 1. The largest absolute Gasteiger partial charge is 0.307 e. The molecule has 1 heterocycles. The molecule has 0 saturated carbocycles. The predicted molar refractivity (Wildman–Crippen MR) is 86.9 cm³/mol. The van der Waals surface area contributed by atoms with Crippen LogP contribution in [-0.4, -0.2) is 30.6 Å². The third kappa shape index (κ3) is 4.77. The number of nitrogens with one attached hydrogen (secondary N) is 1. The van der Waals surface area contributed by atoms with Crippen molar-refractivity contribution in [3.8, 4) is 0 Å². The van der Waals surface area contributed by atoms with E-state index in [1.807, 2.05) is 0 Å². The first-order chi connectivity index (χ1) is 9.65. The Morgan fingerprint density at radius 2 is 1.90 bits per heavy atom. The number of benzene rings is 1. The minimum Gasteiger partial charge on any atom is -0.307 e. The molecular formula is C18H28N2. The van der Waals surface area contributed by atoms with Gasteiger partial charge >= 0.3 is 0 Å². The molecule has 0 aromatic heterocycles. The monoisotopic (exact) mass is 272 g/mol. The van der Waals surface area contributed by atoms with Crippen LogP contribution in [0.15, 0.2) is 42.0 Å². The average molecular weight is 272 g/mol. The van der Waals surface area contributed by atoms with Crippen LogP contribution in [-0.2, 0) is 0 Å². The highest BCUT2D eigenvalue weighted by atomic mass is 15.1. The van der Waals surface area contributed by atoms with Gasteiger partial charge in [0.05, 0.1) is 0 Å². The Balaban J connectivity index is 1.76. The maximum absolute atomic E-state index is 3.78. The zero-order valence-electron chi connectivity index (χ0n) is 13.1. The highest BCUT2D eigenvalue weighted by molar-refractivity contribution is 5.18. The molecule has 2 heteroatoms. The van der Waals surface area contributed by atoms with Crippen LogP contribution in [0.3, 0.4) is 0 Å². The van der Waals surface area contributed by atoms with Gasteiger partial charge in [-0.25, -0.2) is 0 Å². The Morgan fingerprint density at radius 1 is 1.25 bits per heavy atom. The molecular weight excluding hydrogens is 244 g/mol. The summed E-state index contributed by atoms with van der Waals surface area (Å²) < 4.78 is 0. The van der Waals surface area contributed by atoms with E-state index >= 15 is 0 Å². The lowest BCUT2D eigenvalue weighted by atomic mass is 10.0. The van der Waals surface area contributed by atoms with Crippen LogP contribution >= 0.6 is 0 Å². The van der Waals surface area contributed by atoms with Gasteiger partial charge in [0.25, 0.3) is 0 Å².